The van der Waals surface area contributed by atoms with Crippen LogP contribution in [0.5, 0.6) is 0 Å². The second kappa shape index (κ2) is 8.93. The van der Waals surface area contributed by atoms with E-state index in [1.807, 2.05) is 0 Å². The van der Waals surface area contributed by atoms with Gasteiger partial charge in [-0.1, -0.05) is 112 Å². The predicted octanol–water partition coefficient (Wildman–Crippen LogP) is 5.28. The number of rotatable bonds is 3. The molecule has 31 heavy (non-hydrogen) atoms. The zero-order chi connectivity index (χ0) is 22.9. The Balaban J connectivity index is 2.22. The molecule has 3 rings (SSSR count). The van der Waals surface area contributed by atoms with Crippen molar-refractivity contribution in [2.75, 3.05) is 0 Å². The van der Waals surface area contributed by atoms with Crippen LogP contribution in [0.1, 0.15) is 38.9 Å². The minimum atomic E-state index is -1.38. The lowest BCUT2D eigenvalue weighted by molar-refractivity contribution is 1.34. The maximum atomic E-state index is 3.49. The van der Waals surface area contributed by atoms with E-state index in [1.54, 1.807) is 0 Å². The van der Waals surface area contributed by atoms with Crippen LogP contribution in [0.25, 0.3) is 0 Å². The molecule has 3 aromatic carbocycles. The van der Waals surface area contributed by atoms with Crippen molar-refractivity contribution >= 4 is 31.2 Å². The van der Waals surface area contributed by atoms with Crippen LogP contribution in [0.2, 0.25) is 19.6 Å². The summed E-state index contributed by atoms with van der Waals surface area (Å²) in [6.07, 6.45) is 0. The molecule has 0 N–H and O–H groups in total. The van der Waals surface area contributed by atoms with Gasteiger partial charge in [-0.2, -0.15) is 0 Å². The van der Waals surface area contributed by atoms with Gasteiger partial charge in [-0.25, -0.2) is 0 Å². The first kappa shape index (κ1) is 23.2. The maximum absolute atomic E-state index is 3.49. The molecular formula is C29H35BSi. The van der Waals surface area contributed by atoms with Crippen molar-refractivity contribution in [3.05, 3.63) is 87.5 Å². The number of aryl methyl sites for hydroxylation is 6. The average molecular weight is 422 g/mol. The molecule has 0 aliphatic carbocycles. The lowest BCUT2D eigenvalue weighted by Gasteiger charge is -2.24. The third-order valence-corrected chi connectivity index (χ3v) is 6.75. The van der Waals surface area contributed by atoms with Gasteiger partial charge in [0.1, 0.15) is 8.07 Å². The van der Waals surface area contributed by atoms with Gasteiger partial charge in [0.25, 0.3) is 0 Å². The normalized spacial score (nSPS) is 11.1. The van der Waals surface area contributed by atoms with Gasteiger partial charge in [-0.05, 0) is 53.7 Å². The average Bonchev–Trinajstić information content (AvgIpc) is 2.63. The second-order valence-corrected chi connectivity index (χ2v) is 14.9. The van der Waals surface area contributed by atoms with Gasteiger partial charge in [0.15, 0.2) is 0 Å². The summed E-state index contributed by atoms with van der Waals surface area (Å²) in [5.41, 5.74) is 16.9. The van der Waals surface area contributed by atoms with Crippen molar-refractivity contribution in [3.63, 3.8) is 0 Å². The molecule has 2 heteroatoms. The lowest BCUT2D eigenvalue weighted by Crippen LogP contribution is -2.55. The summed E-state index contributed by atoms with van der Waals surface area (Å²) in [5, 5.41) is 0. The van der Waals surface area contributed by atoms with Crippen LogP contribution in [0.4, 0.5) is 0 Å². The number of hydrogen-bond acceptors (Lipinski definition) is 0. The molecule has 0 fully saturated rings. The molecule has 0 atom stereocenters. The molecule has 0 aromatic heterocycles. The van der Waals surface area contributed by atoms with E-state index in [0.29, 0.717) is 0 Å². The summed E-state index contributed by atoms with van der Waals surface area (Å²) in [6, 6.07) is 18.3. The Morgan fingerprint density at radius 2 is 1.00 bits per heavy atom. The molecule has 3 aromatic rings. The van der Waals surface area contributed by atoms with Gasteiger partial charge in [-0.15, -0.1) is 5.54 Å². The number of hydrogen-bond donors (Lipinski definition) is 0. The van der Waals surface area contributed by atoms with Gasteiger partial charge >= 0.3 is 0 Å². The predicted molar refractivity (Wildman–Crippen MR) is 143 cm³/mol. The molecule has 0 saturated heterocycles. The lowest BCUT2D eigenvalue weighted by atomic mass is 9.34. The largest absolute Gasteiger partial charge is 0.242 e. The minimum absolute atomic E-state index is 0.222. The SMILES string of the molecule is Cc1cc(C)c(B(c2ccc(C#C[Si](C)(C)C)cc2)c2c(C)cc(C)cc2C)c(C)c1. The topological polar surface area (TPSA) is 0 Å². The highest BCUT2D eigenvalue weighted by molar-refractivity contribution is 6.96. The Kier molecular flexibility index (Phi) is 6.68. The molecule has 0 amide bonds. The molecule has 0 unspecified atom stereocenters. The summed E-state index contributed by atoms with van der Waals surface area (Å²) in [7, 11) is -1.38. The quantitative estimate of drug-likeness (QED) is 0.398. The van der Waals surface area contributed by atoms with Gasteiger partial charge in [0, 0.05) is 5.56 Å². The Bertz CT molecular complexity index is 1060. The van der Waals surface area contributed by atoms with Crippen LogP contribution in [0, 0.1) is 53.0 Å². The van der Waals surface area contributed by atoms with E-state index in [2.05, 4.69) is 121 Å². The highest BCUT2D eigenvalue weighted by Crippen LogP contribution is 2.13. The van der Waals surface area contributed by atoms with Crippen molar-refractivity contribution < 1.29 is 0 Å². The van der Waals surface area contributed by atoms with E-state index in [0.717, 1.165) is 5.56 Å². The third-order valence-electron chi connectivity index (χ3n) is 5.88. The Morgan fingerprint density at radius 1 is 0.613 bits per heavy atom. The van der Waals surface area contributed by atoms with Crippen LogP contribution in [0.15, 0.2) is 48.5 Å². The monoisotopic (exact) mass is 422 g/mol. The van der Waals surface area contributed by atoms with Crippen LogP contribution in [-0.4, -0.2) is 14.8 Å². The molecule has 0 nitrogen and oxygen atoms in total. The molecule has 0 aliphatic heterocycles. The van der Waals surface area contributed by atoms with Gasteiger partial charge < -0.3 is 0 Å². The van der Waals surface area contributed by atoms with Crippen molar-refractivity contribution in [1.29, 1.82) is 0 Å². The highest BCUT2D eigenvalue weighted by atomic mass is 28.3. The van der Waals surface area contributed by atoms with Crippen LogP contribution in [0.3, 0.4) is 0 Å². The zero-order valence-electron chi connectivity index (χ0n) is 20.7. The van der Waals surface area contributed by atoms with E-state index in [-0.39, 0.29) is 6.71 Å². The number of benzene rings is 3. The molecule has 0 aliphatic rings. The van der Waals surface area contributed by atoms with E-state index in [1.165, 1.54) is 49.8 Å². The molecule has 0 heterocycles. The van der Waals surface area contributed by atoms with E-state index < -0.39 is 8.07 Å². The molecule has 0 spiro atoms. The smallest absolute Gasteiger partial charge is 0.127 e. The Morgan fingerprint density at radius 3 is 1.35 bits per heavy atom. The first-order chi connectivity index (χ1) is 14.5. The van der Waals surface area contributed by atoms with Crippen molar-refractivity contribution in [2.45, 2.75) is 61.2 Å². The van der Waals surface area contributed by atoms with Crippen molar-refractivity contribution in [1.82, 2.24) is 0 Å². The fraction of sp³-hybridized carbons (Fsp3) is 0.310. The standard InChI is InChI=1S/C29H35BSi/c1-20-16-22(3)28(23(4)17-20)30(29-24(5)18-21(2)19-25(29)6)27-12-10-26(11-13-27)14-15-31(7,8)9/h10-13,16-19H,1-9H3. The zero-order valence-corrected chi connectivity index (χ0v) is 21.7. The van der Waals surface area contributed by atoms with E-state index >= 15 is 0 Å². The highest BCUT2D eigenvalue weighted by Gasteiger charge is 2.28. The summed E-state index contributed by atoms with van der Waals surface area (Å²) in [6.45, 7) is 20.5. The van der Waals surface area contributed by atoms with Crippen molar-refractivity contribution in [2.24, 2.45) is 0 Å². The second-order valence-electron chi connectivity index (χ2n) is 10.2. The van der Waals surface area contributed by atoms with Crippen LogP contribution in [-0.2, 0) is 0 Å². The van der Waals surface area contributed by atoms with Crippen LogP contribution >= 0.6 is 0 Å². The molecule has 158 valence electrons. The fourth-order valence-electron chi connectivity index (χ4n) is 4.79. The maximum Gasteiger partial charge on any atom is 0.242 e. The van der Waals surface area contributed by atoms with Crippen molar-refractivity contribution in [3.8, 4) is 11.5 Å². The fourth-order valence-corrected chi connectivity index (χ4v) is 5.31. The Hall–Kier alpha value is -2.50. The third kappa shape index (κ3) is 5.41. The van der Waals surface area contributed by atoms with Crippen LogP contribution < -0.4 is 16.4 Å². The first-order valence-electron chi connectivity index (χ1n) is 11.2. The molecule has 0 saturated carbocycles. The Labute approximate surface area is 191 Å². The summed E-state index contributed by atoms with van der Waals surface area (Å²) < 4.78 is 0. The summed E-state index contributed by atoms with van der Waals surface area (Å²) in [4.78, 5) is 0. The first-order valence-corrected chi connectivity index (χ1v) is 14.7. The van der Waals surface area contributed by atoms with E-state index in [9.17, 15) is 0 Å². The molecular weight excluding hydrogens is 387 g/mol. The minimum Gasteiger partial charge on any atom is -0.127 e. The summed E-state index contributed by atoms with van der Waals surface area (Å²) >= 11 is 0. The molecule has 0 bridgehead atoms. The van der Waals surface area contributed by atoms with Gasteiger partial charge in [-0.3, -0.25) is 0 Å². The van der Waals surface area contributed by atoms with E-state index in [4.69, 9.17) is 0 Å². The van der Waals surface area contributed by atoms with Gasteiger partial charge in [0.05, 0.1) is 0 Å². The summed E-state index contributed by atoms with van der Waals surface area (Å²) in [5.74, 6) is 3.40. The van der Waals surface area contributed by atoms with Gasteiger partial charge in [0.2, 0.25) is 6.71 Å². The molecule has 0 radical (unpaired) electrons.